The van der Waals surface area contributed by atoms with Crippen LogP contribution in [-0.2, 0) is 16.1 Å². The minimum atomic E-state index is -1.23. The standard InChI is InChI=1S/C19H19FN2O2S/c1-3-22-15-6-4-5-7-16(15)25-19(2,18(22)24)17(23)21-12-13-8-10-14(20)11-9-13/h4-11H,3,12H2,1-2H3,(H,21,23). The van der Waals surface area contributed by atoms with Crippen molar-refractivity contribution in [3.8, 4) is 0 Å². The molecule has 0 spiro atoms. The Morgan fingerprint density at radius 2 is 1.88 bits per heavy atom. The molecule has 25 heavy (non-hydrogen) atoms. The second-order valence-corrected chi connectivity index (χ2v) is 7.42. The lowest BCUT2D eigenvalue weighted by molar-refractivity contribution is -0.131. The van der Waals surface area contributed by atoms with E-state index in [1.54, 1.807) is 24.0 Å². The second-order valence-electron chi connectivity index (χ2n) is 5.96. The number of carbonyl (C=O) groups is 2. The number of halogens is 1. The van der Waals surface area contributed by atoms with Gasteiger partial charge >= 0.3 is 0 Å². The molecule has 130 valence electrons. The van der Waals surface area contributed by atoms with Crippen LogP contribution in [-0.4, -0.2) is 23.1 Å². The van der Waals surface area contributed by atoms with Gasteiger partial charge in [-0.3, -0.25) is 9.59 Å². The maximum absolute atomic E-state index is 13.0. The molecule has 2 amide bonds. The zero-order valence-corrected chi connectivity index (χ0v) is 14.9. The normalized spacial score (nSPS) is 19.5. The van der Waals surface area contributed by atoms with Crippen molar-refractivity contribution < 1.29 is 14.0 Å². The summed E-state index contributed by atoms with van der Waals surface area (Å²) in [7, 11) is 0. The second kappa shape index (κ2) is 6.88. The topological polar surface area (TPSA) is 49.4 Å². The Morgan fingerprint density at radius 3 is 2.56 bits per heavy atom. The van der Waals surface area contributed by atoms with Gasteiger partial charge in [-0.25, -0.2) is 4.39 Å². The molecule has 0 aromatic heterocycles. The van der Waals surface area contributed by atoms with Crippen molar-refractivity contribution in [1.82, 2.24) is 5.32 Å². The molecule has 0 saturated carbocycles. The maximum Gasteiger partial charge on any atom is 0.252 e. The lowest BCUT2D eigenvalue weighted by atomic mass is 10.1. The molecule has 1 N–H and O–H groups in total. The predicted molar refractivity (Wildman–Crippen MR) is 97.0 cm³/mol. The summed E-state index contributed by atoms with van der Waals surface area (Å²) in [5.41, 5.74) is 1.61. The SMILES string of the molecule is CCN1C(=O)C(C)(C(=O)NCc2ccc(F)cc2)Sc2ccccc21. The molecule has 2 aromatic carbocycles. The van der Waals surface area contributed by atoms with E-state index in [-0.39, 0.29) is 24.2 Å². The highest BCUT2D eigenvalue weighted by molar-refractivity contribution is 8.02. The average molecular weight is 358 g/mol. The van der Waals surface area contributed by atoms with Crippen LogP contribution in [0.1, 0.15) is 19.4 Å². The van der Waals surface area contributed by atoms with Crippen LogP contribution in [0.2, 0.25) is 0 Å². The van der Waals surface area contributed by atoms with Crippen molar-refractivity contribution in [3.63, 3.8) is 0 Å². The average Bonchev–Trinajstić information content (AvgIpc) is 2.62. The third kappa shape index (κ3) is 3.26. The van der Waals surface area contributed by atoms with Gasteiger partial charge in [-0.1, -0.05) is 36.0 Å². The fraction of sp³-hybridized carbons (Fsp3) is 0.263. The van der Waals surface area contributed by atoms with Crippen LogP contribution in [0.3, 0.4) is 0 Å². The molecule has 1 aliphatic heterocycles. The minimum absolute atomic E-state index is 0.227. The maximum atomic E-state index is 13.0. The number of anilines is 1. The van der Waals surface area contributed by atoms with E-state index in [1.807, 2.05) is 31.2 Å². The lowest BCUT2D eigenvalue weighted by Crippen LogP contribution is -2.56. The zero-order chi connectivity index (χ0) is 18.0. The largest absolute Gasteiger partial charge is 0.350 e. The summed E-state index contributed by atoms with van der Waals surface area (Å²) in [5.74, 6) is -0.898. The molecule has 1 atom stereocenters. The van der Waals surface area contributed by atoms with Crippen LogP contribution >= 0.6 is 11.8 Å². The first-order chi connectivity index (χ1) is 12.0. The van der Waals surface area contributed by atoms with E-state index in [1.165, 1.54) is 23.9 Å². The predicted octanol–water partition coefficient (Wildman–Crippen LogP) is 3.36. The van der Waals surface area contributed by atoms with E-state index < -0.39 is 4.75 Å². The summed E-state index contributed by atoms with van der Waals surface area (Å²) >= 11 is 1.27. The molecule has 0 fully saturated rings. The molecular weight excluding hydrogens is 339 g/mol. The summed E-state index contributed by atoms with van der Waals surface area (Å²) in [4.78, 5) is 28.3. The third-order valence-electron chi connectivity index (χ3n) is 4.24. The molecule has 3 rings (SSSR count). The minimum Gasteiger partial charge on any atom is -0.350 e. The lowest BCUT2D eigenvalue weighted by Gasteiger charge is -2.38. The molecule has 1 aliphatic rings. The van der Waals surface area contributed by atoms with Crippen LogP contribution in [0.15, 0.2) is 53.4 Å². The number of amides is 2. The summed E-state index contributed by atoms with van der Waals surface area (Å²) in [5, 5.41) is 2.80. The van der Waals surface area contributed by atoms with Crippen molar-refractivity contribution in [2.24, 2.45) is 0 Å². The van der Waals surface area contributed by atoms with Gasteiger partial charge in [0.05, 0.1) is 5.69 Å². The summed E-state index contributed by atoms with van der Waals surface area (Å²) < 4.78 is 11.7. The van der Waals surface area contributed by atoms with Gasteiger partial charge in [-0.15, -0.1) is 0 Å². The smallest absolute Gasteiger partial charge is 0.252 e. The molecule has 4 nitrogen and oxygen atoms in total. The molecule has 2 aromatic rings. The van der Waals surface area contributed by atoms with Gasteiger partial charge in [0.25, 0.3) is 5.91 Å². The number of nitrogens with zero attached hydrogens (tertiary/aromatic N) is 1. The number of carbonyl (C=O) groups excluding carboxylic acids is 2. The van der Waals surface area contributed by atoms with Gasteiger partial charge in [0.15, 0.2) is 4.75 Å². The quantitative estimate of drug-likeness (QED) is 0.853. The highest BCUT2D eigenvalue weighted by atomic mass is 32.2. The van der Waals surface area contributed by atoms with E-state index in [9.17, 15) is 14.0 Å². The van der Waals surface area contributed by atoms with E-state index in [2.05, 4.69) is 5.32 Å². The monoisotopic (exact) mass is 358 g/mol. The van der Waals surface area contributed by atoms with Gasteiger partial charge in [0.2, 0.25) is 5.91 Å². The molecular formula is C19H19FN2O2S. The van der Waals surface area contributed by atoms with E-state index in [0.29, 0.717) is 6.54 Å². The van der Waals surface area contributed by atoms with Crippen molar-refractivity contribution in [1.29, 1.82) is 0 Å². The molecule has 1 unspecified atom stereocenters. The number of nitrogens with one attached hydrogen (secondary N) is 1. The van der Waals surface area contributed by atoms with Crippen LogP contribution in [0.5, 0.6) is 0 Å². The Hall–Kier alpha value is -2.34. The van der Waals surface area contributed by atoms with Gasteiger partial charge in [-0.05, 0) is 43.7 Å². The zero-order valence-electron chi connectivity index (χ0n) is 14.1. The van der Waals surface area contributed by atoms with Crippen LogP contribution in [0, 0.1) is 5.82 Å². The number of para-hydroxylation sites is 1. The number of benzene rings is 2. The third-order valence-corrected chi connectivity index (χ3v) is 5.57. The van der Waals surface area contributed by atoms with Gasteiger partial charge < -0.3 is 10.2 Å². The Balaban J connectivity index is 1.81. The first-order valence-electron chi connectivity index (χ1n) is 8.08. The Bertz CT molecular complexity index is 809. The van der Waals surface area contributed by atoms with Gasteiger partial charge in [0.1, 0.15) is 5.82 Å². The van der Waals surface area contributed by atoms with Crippen molar-refractivity contribution in [3.05, 3.63) is 59.9 Å². The molecule has 0 aliphatic carbocycles. The number of rotatable bonds is 4. The Labute approximate surface area is 150 Å². The van der Waals surface area contributed by atoms with E-state index >= 15 is 0 Å². The van der Waals surface area contributed by atoms with Crippen LogP contribution in [0.25, 0.3) is 0 Å². The molecule has 1 heterocycles. The Kier molecular flexibility index (Phi) is 4.81. The first kappa shape index (κ1) is 17.5. The Morgan fingerprint density at radius 1 is 1.20 bits per heavy atom. The van der Waals surface area contributed by atoms with Crippen molar-refractivity contribution >= 4 is 29.3 Å². The van der Waals surface area contributed by atoms with Crippen molar-refractivity contribution in [2.45, 2.75) is 30.0 Å². The number of fused-ring (bicyclic) bond motifs is 1. The fourth-order valence-corrected chi connectivity index (χ4v) is 4.04. The molecule has 0 bridgehead atoms. The van der Waals surface area contributed by atoms with Gasteiger partial charge in [-0.2, -0.15) is 0 Å². The summed E-state index contributed by atoms with van der Waals surface area (Å²) in [6.45, 7) is 4.29. The highest BCUT2D eigenvalue weighted by Gasteiger charge is 2.48. The number of thioether (sulfide) groups is 1. The van der Waals surface area contributed by atoms with Crippen LogP contribution in [0.4, 0.5) is 10.1 Å². The van der Waals surface area contributed by atoms with Gasteiger partial charge in [0, 0.05) is 18.0 Å². The first-order valence-corrected chi connectivity index (χ1v) is 8.90. The van der Waals surface area contributed by atoms with E-state index in [4.69, 9.17) is 0 Å². The molecule has 0 saturated heterocycles. The molecule has 0 radical (unpaired) electrons. The summed E-state index contributed by atoms with van der Waals surface area (Å²) in [6, 6.07) is 13.5. The fourth-order valence-electron chi connectivity index (χ4n) is 2.81. The highest BCUT2D eigenvalue weighted by Crippen LogP contribution is 2.45. The number of hydrogen-bond acceptors (Lipinski definition) is 3. The molecule has 6 heteroatoms. The van der Waals surface area contributed by atoms with Crippen molar-refractivity contribution in [2.75, 3.05) is 11.4 Å². The van der Waals surface area contributed by atoms with Crippen LogP contribution < -0.4 is 10.2 Å². The van der Waals surface area contributed by atoms with E-state index in [0.717, 1.165) is 16.1 Å². The summed E-state index contributed by atoms with van der Waals surface area (Å²) in [6.07, 6.45) is 0. The number of hydrogen-bond donors (Lipinski definition) is 1.